The first-order chi connectivity index (χ1) is 8.69. The van der Waals surface area contributed by atoms with Crippen molar-refractivity contribution in [2.24, 2.45) is 5.92 Å². The molecule has 18 heavy (non-hydrogen) atoms. The van der Waals surface area contributed by atoms with E-state index in [4.69, 9.17) is 9.15 Å². The van der Waals surface area contributed by atoms with E-state index in [1.807, 2.05) is 0 Å². The van der Waals surface area contributed by atoms with E-state index in [1.54, 1.807) is 19.2 Å². The van der Waals surface area contributed by atoms with Crippen LogP contribution in [0.5, 0.6) is 0 Å². The van der Waals surface area contributed by atoms with Crippen molar-refractivity contribution < 1.29 is 13.9 Å². The molecule has 0 bridgehead atoms. The van der Waals surface area contributed by atoms with E-state index >= 15 is 0 Å². The summed E-state index contributed by atoms with van der Waals surface area (Å²) in [4.78, 5) is 12.0. The first kappa shape index (κ1) is 13.1. The maximum absolute atomic E-state index is 12.0. The Balaban J connectivity index is 1.90. The standard InChI is InChI=1S/C14H21NO3/c1-10-4-3-5-11(8-10)15-14(16)13-7-6-12(18-13)9-17-2/h6-7,10-11H,3-5,8-9H2,1-2H3,(H,15,16). The van der Waals surface area contributed by atoms with Gasteiger partial charge in [0, 0.05) is 13.2 Å². The van der Waals surface area contributed by atoms with Crippen LogP contribution < -0.4 is 5.32 Å². The highest BCUT2D eigenvalue weighted by atomic mass is 16.5. The number of carbonyl (C=O) groups excluding carboxylic acids is 1. The zero-order valence-electron chi connectivity index (χ0n) is 11.1. The maximum atomic E-state index is 12.0. The van der Waals surface area contributed by atoms with Gasteiger partial charge in [-0.25, -0.2) is 0 Å². The van der Waals surface area contributed by atoms with Gasteiger partial charge in [-0.3, -0.25) is 4.79 Å². The molecule has 0 radical (unpaired) electrons. The summed E-state index contributed by atoms with van der Waals surface area (Å²) in [5.74, 6) is 1.64. The molecule has 1 N–H and O–H groups in total. The van der Waals surface area contributed by atoms with E-state index in [9.17, 15) is 4.79 Å². The predicted molar refractivity (Wildman–Crippen MR) is 68.3 cm³/mol. The molecule has 1 saturated carbocycles. The summed E-state index contributed by atoms with van der Waals surface area (Å²) in [6.45, 7) is 2.63. The van der Waals surface area contributed by atoms with Crippen LogP contribution in [0.25, 0.3) is 0 Å². The summed E-state index contributed by atoms with van der Waals surface area (Å²) in [7, 11) is 1.60. The number of rotatable bonds is 4. The quantitative estimate of drug-likeness (QED) is 0.895. The van der Waals surface area contributed by atoms with Gasteiger partial charge in [0.15, 0.2) is 5.76 Å². The van der Waals surface area contributed by atoms with Gasteiger partial charge in [-0.1, -0.05) is 19.8 Å². The Bertz CT molecular complexity index is 399. The monoisotopic (exact) mass is 251 g/mol. The van der Waals surface area contributed by atoms with Gasteiger partial charge in [0.25, 0.3) is 5.91 Å². The van der Waals surface area contributed by atoms with Gasteiger partial charge >= 0.3 is 0 Å². The lowest BCUT2D eigenvalue weighted by molar-refractivity contribution is 0.0884. The van der Waals surface area contributed by atoms with E-state index in [0.717, 1.165) is 12.8 Å². The van der Waals surface area contributed by atoms with Crippen LogP contribution in [0.15, 0.2) is 16.5 Å². The van der Waals surface area contributed by atoms with Gasteiger partial charge in [0.2, 0.25) is 0 Å². The van der Waals surface area contributed by atoms with E-state index in [-0.39, 0.29) is 11.9 Å². The highest BCUT2D eigenvalue weighted by molar-refractivity contribution is 5.91. The molecule has 1 aliphatic rings. The van der Waals surface area contributed by atoms with Crippen molar-refractivity contribution in [3.05, 3.63) is 23.7 Å². The minimum Gasteiger partial charge on any atom is -0.453 e. The number of nitrogens with one attached hydrogen (secondary N) is 1. The molecular formula is C14H21NO3. The van der Waals surface area contributed by atoms with Crippen molar-refractivity contribution >= 4 is 5.91 Å². The third kappa shape index (κ3) is 3.35. The molecule has 4 nitrogen and oxygen atoms in total. The maximum Gasteiger partial charge on any atom is 0.287 e. The number of methoxy groups -OCH3 is 1. The topological polar surface area (TPSA) is 51.5 Å². The van der Waals surface area contributed by atoms with Crippen molar-refractivity contribution in [2.45, 2.75) is 45.3 Å². The molecular weight excluding hydrogens is 230 g/mol. The van der Waals surface area contributed by atoms with Crippen molar-refractivity contribution in [2.75, 3.05) is 7.11 Å². The van der Waals surface area contributed by atoms with Crippen molar-refractivity contribution in [1.29, 1.82) is 0 Å². The first-order valence-electron chi connectivity index (χ1n) is 6.57. The predicted octanol–water partition coefficient (Wildman–Crippen LogP) is 2.73. The van der Waals surface area contributed by atoms with E-state index in [0.29, 0.717) is 24.0 Å². The van der Waals surface area contributed by atoms with E-state index < -0.39 is 0 Å². The minimum absolute atomic E-state index is 0.114. The molecule has 1 fully saturated rings. The van der Waals surface area contributed by atoms with Crippen LogP contribution in [0.4, 0.5) is 0 Å². The number of hydrogen-bond donors (Lipinski definition) is 1. The van der Waals surface area contributed by atoms with Crippen molar-refractivity contribution in [1.82, 2.24) is 5.32 Å². The van der Waals surface area contributed by atoms with Gasteiger partial charge in [0.1, 0.15) is 12.4 Å². The fourth-order valence-electron chi connectivity index (χ4n) is 2.54. The molecule has 2 atom stereocenters. The first-order valence-corrected chi connectivity index (χ1v) is 6.57. The Morgan fingerprint density at radius 3 is 3.06 bits per heavy atom. The van der Waals surface area contributed by atoms with E-state index in [1.165, 1.54) is 12.8 Å². The lowest BCUT2D eigenvalue weighted by atomic mass is 9.87. The number of carbonyl (C=O) groups is 1. The number of amides is 1. The zero-order chi connectivity index (χ0) is 13.0. The molecule has 1 aromatic heterocycles. The second-order valence-corrected chi connectivity index (χ2v) is 5.14. The van der Waals surface area contributed by atoms with Gasteiger partial charge < -0.3 is 14.5 Å². The average Bonchev–Trinajstić information content (AvgIpc) is 2.78. The SMILES string of the molecule is COCc1ccc(C(=O)NC2CCCC(C)C2)o1. The Labute approximate surface area is 108 Å². The lowest BCUT2D eigenvalue weighted by Gasteiger charge is -2.27. The third-order valence-corrected chi connectivity index (χ3v) is 3.44. The molecule has 0 saturated heterocycles. The summed E-state index contributed by atoms with van der Waals surface area (Å²) in [5.41, 5.74) is 0. The fourth-order valence-corrected chi connectivity index (χ4v) is 2.54. The molecule has 1 amide bonds. The van der Waals surface area contributed by atoms with Crippen LogP contribution in [-0.4, -0.2) is 19.1 Å². The van der Waals surface area contributed by atoms with Crippen LogP contribution in [0, 0.1) is 5.92 Å². The van der Waals surface area contributed by atoms with Gasteiger partial charge in [-0.2, -0.15) is 0 Å². The van der Waals surface area contributed by atoms with E-state index in [2.05, 4.69) is 12.2 Å². The lowest BCUT2D eigenvalue weighted by Crippen LogP contribution is -2.37. The molecule has 0 spiro atoms. The number of hydrogen-bond acceptors (Lipinski definition) is 3. The van der Waals surface area contributed by atoms with Crippen LogP contribution in [0.3, 0.4) is 0 Å². The smallest absolute Gasteiger partial charge is 0.287 e. The Kier molecular flexibility index (Phi) is 4.42. The second-order valence-electron chi connectivity index (χ2n) is 5.14. The van der Waals surface area contributed by atoms with Gasteiger partial charge in [0.05, 0.1) is 0 Å². The van der Waals surface area contributed by atoms with Crippen LogP contribution in [-0.2, 0) is 11.3 Å². The van der Waals surface area contributed by atoms with Gasteiger partial charge in [-0.05, 0) is 30.9 Å². The fraction of sp³-hybridized carbons (Fsp3) is 0.643. The van der Waals surface area contributed by atoms with Crippen LogP contribution in [0.1, 0.15) is 48.9 Å². The highest BCUT2D eigenvalue weighted by Gasteiger charge is 2.22. The second kappa shape index (κ2) is 6.05. The van der Waals surface area contributed by atoms with Crippen molar-refractivity contribution in [3.8, 4) is 0 Å². The zero-order valence-corrected chi connectivity index (χ0v) is 11.1. The largest absolute Gasteiger partial charge is 0.453 e. The normalized spacial score (nSPS) is 23.9. The minimum atomic E-state index is -0.114. The molecule has 4 heteroatoms. The number of ether oxygens (including phenoxy) is 1. The molecule has 2 unspecified atom stereocenters. The van der Waals surface area contributed by atoms with Crippen LogP contribution >= 0.6 is 0 Å². The summed E-state index contributed by atoms with van der Waals surface area (Å²) in [6, 6.07) is 3.77. The van der Waals surface area contributed by atoms with Crippen LogP contribution in [0.2, 0.25) is 0 Å². The number of furan rings is 1. The summed E-state index contributed by atoms with van der Waals surface area (Å²) in [6.07, 6.45) is 4.60. The molecule has 1 aliphatic carbocycles. The summed E-state index contributed by atoms with van der Waals surface area (Å²) in [5, 5.41) is 3.05. The summed E-state index contributed by atoms with van der Waals surface area (Å²) >= 11 is 0. The van der Waals surface area contributed by atoms with Crippen molar-refractivity contribution in [3.63, 3.8) is 0 Å². The molecule has 1 heterocycles. The Morgan fingerprint density at radius 2 is 2.33 bits per heavy atom. The van der Waals surface area contributed by atoms with Gasteiger partial charge in [-0.15, -0.1) is 0 Å². The Hall–Kier alpha value is -1.29. The molecule has 2 rings (SSSR count). The third-order valence-electron chi connectivity index (χ3n) is 3.44. The molecule has 0 aromatic carbocycles. The molecule has 0 aliphatic heterocycles. The Morgan fingerprint density at radius 1 is 1.50 bits per heavy atom. The average molecular weight is 251 g/mol. The molecule has 100 valence electrons. The molecule has 1 aromatic rings. The highest BCUT2D eigenvalue weighted by Crippen LogP contribution is 2.23. The summed E-state index contributed by atoms with van der Waals surface area (Å²) < 4.78 is 10.4.